The summed E-state index contributed by atoms with van der Waals surface area (Å²) in [6.07, 6.45) is 1.14. The summed E-state index contributed by atoms with van der Waals surface area (Å²) >= 11 is 9.48. The molecule has 0 aliphatic carbocycles. The summed E-state index contributed by atoms with van der Waals surface area (Å²) in [6, 6.07) is 8.70. The van der Waals surface area contributed by atoms with E-state index in [1.54, 1.807) is 0 Å². The Morgan fingerprint density at radius 2 is 2.00 bits per heavy atom. The molecular formula is C15H11BrClF2N. The minimum atomic E-state index is -0.825. The summed E-state index contributed by atoms with van der Waals surface area (Å²) < 4.78 is 27.7. The van der Waals surface area contributed by atoms with Gasteiger partial charge in [0.1, 0.15) is 0 Å². The van der Waals surface area contributed by atoms with Gasteiger partial charge in [-0.25, -0.2) is 8.78 Å². The first kappa shape index (κ1) is 13.8. The van der Waals surface area contributed by atoms with Crippen molar-refractivity contribution in [1.82, 2.24) is 0 Å². The van der Waals surface area contributed by atoms with Crippen LogP contribution in [0.25, 0.3) is 0 Å². The molecule has 2 aromatic rings. The monoisotopic (exact) mass is 357 g/mol. The molecule has 1 nitrogen and oxygen atoms in total. The second-order valence-corrected chi connectivity index (χ2v) is 6.03. The van der Waals surface area contributed by atoms with Crippen LogP contribution in [0.1, 0.15) is 23.6 Å². The summed E-state index contributed by atoms with van der Waals surface area (Å²) in [6.45, 7) is 0. The van der Waals surface area contributed by atoms with Crippen LogP contribution in [0.15, 0.2) is 34.8 Å². The van der Waals surface area contributed by atoms with Crippen LogP contribution in [0.3, 0.4) is 0 Å². The van der Waals surface area contributed by atoms with Gasteiger partial charge in [-0.15, -0.1) is 0 Å². The largest absolute Gasteiger partial charge is 0.377 e. The zero-order valence-corrected chi connectivity index (χ0v) is 12.7. The van der Waals surface area contributed by atoms with Crippen molar-refractivity contribution in [3.05, 3.63) is 62.6 Å². The first-order valence-electron chi connectivity index (χ1n) is 6.25. The molecule has 0 radical (unpaired) electrons. The van der Waals surface area contributed by atoms with E-state index in [-0.39, 0.29) is 6.04 Å². The highest BCUT2D eigenvalue weighted by molar-refractivity contribution is 9.10. The molecule has 1 heterocycles. The summed E-state index contributed by atoms with van der Waals surface area (Å²) in [5.74, 6) is -1.60. The summed E-state index contributed by atoms with van der Waals surface area (Å²) in [4.78, 5) is 0. The van der Waals surface area contributed by atoms with Gasteiger partial charge < -0.3 is 5.32 Å². The average Bonchev–Trinajstić information content (AvgIpc) is 2.45. The lowest BCUT2D eigenvalue weighted by molar-refractivity contribution is 0.490. The molecule has 0 fully saturated rings. The van der Waals surface area contributed by atoms with Gasteiger partial charge in [0.15, 0.2) is 11.6 Å². The molecule has 0 bridgehead atoms. The molecule has 0 spiro atoms. The third-order valence-electron chi connectivity index (χ3n) is 3.55. The van der Waals surface area contributed by atoms with Crippen molar-refractivity contribution >= 4 is 33.2 Å². The first-order valence-corrected chi connectivity index (χ1v) is 7.42. The van der Waals surface area contributed by atoms with Crippen LogP contribution < -0.4 is 5.32 Å². The van der Waals surface area contributed by atoms with Crippen LogP contribution in [0.5, 0.6) is 0 Å². The minimum Gasteiger partial charge on any atom is -0.377 e. The molecule has 1 atom stereocenters. The topological polar surface area (TPSA) is 12.0 Å². The van der Waals surface area contributed by atoms with E-state index in [0.29, 0.717) is 33.6 Å². The lowest BCUT2D eigenvalue weighted by atomic mass is 9.93. The van der Waals surface area contributed by atoms with Crippen LogP contribution in [0, 0.1) is 11.6 Å². The molecule has 2 aromatic carbocycles. The summed E-state index contributed by atoms with van der Waals surface area (Å²) in [5, 5.41) is 3.93. The van der Waals surface area contributed by atoms with Crippen molar-refractivity contribution in [2.45, 2.75) is 18.9 Å². The third-order valence-corrected chi connectivity index (χ3v) is 4.52. The Labute approximate surface area is 129 Å². The molecular weight excluding hydrogens is 348 g/mol. The highest BCUT2D eigenvalue weighted by atomic mass is 79.9. The smallest absolute Gasteiger partial charge is 0.164 e. The minimum absolute atomic E-state index is 0.00244. The summed E-state index contributed by atoms with van der Waals surface area (Å²) in [5.41, 5.74) is 1.97. The molecule has 20 heavy (non-hydrogen) atoms. The molecule has 3 rings (SSSR count). The van der Waals surface area contributed by atoms with Gasteiger partial charge in [-0.05, 0) is 46.5 Å². The number of hydrogen-bond donors (Lipinski definition) is 1. The number of benzene rings is 2. The van der Waals surface area contributed by atoms with Crippen LogP contribution in [-0.4, -0.2) is 0 Å². The maximum atomic E-state index is 13.8. The van der Waals surface area contributed by atoms with E-state index in [1.807, 2.05) is 24.3 Å². The predicted molar refractivity (Wildman–Crippen MR) is 80.2 cm³/mol. The maximum absolute atomic E-state index is 13.8. The SMILES string of the molecule is Fc1cc(Br)c2c(c1F)CCC(c1ccccc1Cl)N2. The molecule has 1 aliphatic heterocycles. The van der Waals surface area contributed by atoms with Gasteiger partial charge in [0.05, 0.1) is 11.7 Å². The standard InChI is InChI=1S/C15H11BrClF2N/c16-10-7-12(18)14(19)9-5-6-13(20-15(9)10)8-3-1-2-4-11(8)17/h1-4,7,13,20H,5-6H2. The second-order valence-electron chi connectivity index (χ2n) is 4.76. The van der Waals surface area contributed by atoms with Crippen molar-refractivity contribution in [3.63, 3.8) is 0 Å². The van der Waals surface area contributed by atoms with Gasteiger partial charge in [-0.1, -0.05) is 29.8 Å². The Hall–Kier alpha value is -1.13. The van der Waals surface area contributed by atoms with Crippen LogP contribution in [0.4, 0.5) is 14.5 Å². The Kier molecular flexibility index (Phi) is 3.69. The van der Waals surface area contributed by atoms with Crippen LogP contribution in [0.2, 0.25) is 5.02 Å². The van der Waals surface area contributed by atoms with Crippen molar-refractivity contribution in [2.75, 3.05) is 5.32 Å². The number of fused-ring (bicyclic) bond motifs is 1. The van der Waals surface area contributed by atoms with Gasteiger partial charge in [0.25, 0.3) is 0 Å². The van der Waals surface area contributed by atoms with Crippen molar-refractivity contribution in [1.29, 1.82) is 0 Å². The Morgan fingerprint density at radius 3 is 2.75 bits per heavy atom. The van der Waals surface area contributed by atoms with Gasteiger partial charge in [-0.2, -0.15) is 0 Å². The third kappa shape index (κ3) is 2.31. The van der Waals surface area contributed by atoms with Gasteiger partial charge in [-0.3, -0.25) is 0 Å². The van der Waals surface area contributed by atoms with E-state index in [1.165, 1.54) is 0 Å². The average molecular weight is 359 g/mol. The predicted octanol–water partition coefficient (Wildman–Crippen LogP) is 5.48. The molecule has 0 saturated carbocycles. The lowest BCUT2D eigenvalue weighted by Gasteiger charge is -2.29. The molecule has 1 unspecified atom stereocenters. The second kappa shape index (κ2) is 5.34. The number of rotatable bonds is 1. The van der Waals surface area contributed by atoms with E-state index in [0.717, 1.165) is 11.6 Å². The van der Waals surface area contributed by atoms with Gasteiger partial charge in [0, 0.05) is 15.1 Å². The van der Waals surface area contributed by atoms with E-state index in [2.05, 4.69) is 21.2 Å². The van der Waals surface area contributed by atoms with Crippen LogP contribution >= 0.6 is 27.5 Å². The summed E-state index contributed by atoms with van der Waals surface area (Å²) in [7, 11) is 0. The maximum Gasteiger partial charge on any atom is 0.164 e. The zero-order chi connectivity index (χ0) is 14.3. The first-order chi connectivity index (χ1) is 9.58. The lowest BCUT2D eigenvalue weighted by Crippen LogP contribution is -2.20. The number of halogens is 4. The van der Waals surface area contributed by atoms with E-state index in [9.17, 15) is 8.78 Å². The van der Waals surface area contributed by atoms with Crippen molar-refractivity contribution in [2.24, 2.45) is 0 Å². The number of hydrogen-bond acceptors (Lipinski definition) is 1. The van der Waals surface area contributed by atoms with Gasteiger partial charge in [0.2, 0.25) is 0 Å². The molecule has 0 aromatic heterocycles. The van der Waals surface area contributed by atoms with E-state index >= 15 is 0 Å². The zero-order valence-electron chi connectivity index (χ0n) is 10.4. The molecule has 0 saturated heterocycles. The molecule has 104 valence electrons. The Morgan fingerprint density at radius 1 is 1.25 bits per heavy atom. The van der Waals surface area contributed by atoms with E-state index < -0.39 is 11.6 Å². The molecule has 1 aliphatic rings. The van der Waals surface area contributed by atoms with Gasteiger partial charge >= 0.3 is 0 Å². The van der Waals surface area contributed by atoms with Crippen molar-refractivity contribution < 1.29 is 8.78 Å². The highest BCUT2D eigenvalue weighted by Gasteiger charge is 2.26. The highest BCUT2D eigenvalue weighted by Crippen LogP contribution is 2.40. The Balaban J connectivity index is 2.01. The number of anilines is 1. The quantitative estimate of drug-likeness (QED) is 0.666. The van der Waals surface area contributed by atoms with Crippen LogP contribution in [-0.2, 0) is 6.42 Å². The van der Waals surface area contributed by atoms with Crippen molar-refractivity contribution in [3.8, 4) is 0 Å². The fraction of sp³-hybridized carbons (Fsp3) is 0.200. The molecule has 1 N–H and O–H groups in total. The van der Waals surface area contributed by atoms with E-state index in [4.69, 9.17) is 11.6 Å². The molecule has 0 amide bonds. The fourth-order valence-corrected chi connectivity index (χ4v) is 3.38. The number of nitrogens with one attached hydrogen (secondary N) is 1. The fourth-order valence-electron chi connectivity index (χ4n) is 2.56. The Bertz CT molecular complexity index is 675. The molecule has 5 heteroatoms. The normalized spacial score (nSPS) is 17.5.